The molecule has 0 fully saturated rings. The van der Waals surface area contributed by atoms with Gasteiger partial charge in [0, 0.05) is 12.0 Å². The van der Waals surface area contributed by atoms with Crippen molar-refractivity contribution in [3.05, 3.63) is 64.5 Å². The van der Waals surface area contributed by atoms with Crippen molar-refractivity contribution in [2.24, 2.45) is 0 Å². The topological polar surface area (TPSA) is 26.3 Å². The van der Waals surface area contributed by atoms with Gasteiger partial charge in [-0.3, -0.25) is 4.79 Å². The van der Waals surface area contributed by atoms with Crippen LogP contribution >= 0.6 is 0 Å². The number of fused-ring (bicyclic) bond motifs is 1. The van der Waals surface area contributed by atoms with Crippen LogP contribution < -0.4 is 4.74 Å². The molecule has 0 unspecified atom stereocenters. The van der Waals surface area contributed by atoms with Crippen LogP contribution in [0.1, 0.15) is 39.9 Å². The molecular formula is C18H17FO2. The molecule has 0 aromatic heterocycles. The predicted molar refractivity (Wildman–Crippen MR) is 79.2 cm³/mol. The Morgan fingerprint density at radius 3 is 2.86 bits per heavy atom. The van der Waals surface area contributed by atoms with Gasteiger partial charge in [0.2, 0.25) is 0 Å². The van der Waals surface area contributed by atoms with Gasteiger partial charge in [0.15, 0.2) is 5.78 Å². The normalized spacial score (nSPS) is 13.9. The highest BCUT2D eigenvalue weighted by atomic mass is 19.1. The van der Waals surface area contributed by atoms with Gasteiger partial charge in [-0.15, -0.1) is 0 Å². The first-order chi connectivity index (χ1) is 10.1. The highest BCUT2D eigenvalue weighted by Crippen LogP contribution is 2.26. The molecule has 2 aromatic rings. The molecule has 0 atom stereocenters. The minimum atomic E-state index is -0.254. The summed E-state index contributed by atoms with van der Waals surface area (Å²) in [4.78, 5) is 11.8. The van der Waals surface area contributed by atoms with E-state index in [1.165, 1.54) is 12.1 Å². The fourth-order valence-corrected chi connectivity index (χ4v) is 2.67. The zero-order chi connectivity index (χ0) is 14.8. The summed E-state index contributed by atoms with van der Waals surface area (Å²) in [5, 5.41) is 0. The second kappa shape index (κ2) is 5.68. The zero-order valence-electron chi connectivity index (χ0n) is 12.0. The average molecular weight is 284 g/mol. The van der Waals surface area contributed by atoms with E-state index in [9.17, 15) is 9.18 Å². The van der Waals surface area contributed by atoms with E-state index in [-0.39, 0.29) is 11.6 Å². The summed E-state index contributed by atoms with van der Waals surface area (Å²) in [6, 6.07) is 10.3. The molecule has 0 bridgehead atoms. The summed E-state index contributed by atoms with van der Waals surface area (Å²) in [5.41, 5.74) is 3.71. The average Bonchev–Trinajstić information content (AvgIpc) is 2.48. The van der Waals surface area contributed by atoms with Crippen LogP contribution in [0.5, 0.6) is 5.75 Å². The third kappa shape index (κ3) is 2.97. The molecule has 1 aliphatic carbocycles. The van der Waals surface area contributed by atoms with Gasteiger partial charge in [-0.1, -0.05) is 6.07 Å². The number of benzene rings is 2. The second-order valence-corrected chi connectivity index (χ2v) is 5.46. The summed E-state index contributed by atoms with van der Waals surface area (Å²) in [6.07, 6.45) is 2.45. The van der Waals surface area contributed by atoms with Crippen LogP contribution in [0.4, 0.5) is 4.39 Å². The molecule has 0 saturated carbocycles. The molecule has 21 heavy (non-hydrogen) atoms. The van der Waals surface area contributed by atoms with Crippen molar-refractivity contribution in [1.29, 1.82) is 0 Å². The minimum Gasteiger partial charge on any atom is -0.489 e. The maximum Gasteiger partial charge on any atom is 0.163 e. The number of Topliss-reactive ketones (excluding diaryl/α,β-unsaturated/α-hetero) is 1. The molecule has 3 rings (SSSR count). The minimum absolute atomic E-state index is 0.212. The van der Waals surface area contributed by atoms with E-state index in [2.05, 4.69) is 0 Å². The van der Waals surface area contributed by atoms with Crippen molar-refractivity contribution in [3.8, 4) is 5.75 Å². The summed E-state index contributed by atoms with van der Waals surface area (Å²) in [7, 11) is 0. The Bertz CT molecular complexity index is 692. The maximum atomic E-state index is 13.2. The number of aryl methyl sites for hydroxylation is 2. The monoisotopic (exact) mass is 284 g/mol. The van der Waals surface area contributed by atoms with Gasteiger partial charge in [0.25, 0.3) is 0 Å². The number of hydrogen-bond acceptors (Lipinski definition) is 2. The number of rotatable bonds is 3. The number of hydrogen-bond donors (Lipinski definition) is 0. The van der Waals surface area contributed by atoms with Gasteiger partial charge in [0.1, 0.15) is 18.2 Å². The van der Waals surface area contributed by atoms with E-state index >= 15 is 0 Å². The number of carbonyl (C=O) groups excluding carboxylic acids is 1. The maximum absolute atomic E-state index is 13.2. The van der Waals surface area contributed by atoms with Crippen molar-refractivity contribution >= 4 is 5.78 Å². The van der Waals surface area contributed by atoms with Gasteiger partial charge in [0.05, 0.1) is 0 Å². The standard InChI is InChI=1S/C18H17FO2/c1-12-5-6-15(19)9-14(12)11-21-16-7-8-17-13(10-16)3-2-4-18(17)20/h5-10H,2-4,11H2,1H3. The zero-order valence-corrected chi connectivity index (χ0v) is 12.0. The molecule has 108 valence electrons. The Balaban J connectivity index is 1.77. The molecule has 2 nitrogen and oxygen atoms in total. The summed E-state index contributed by atoms with van der Waals surface area (Å²) in [6.45, 7) is 2.26. The van der Waals surface area contributed by atoms with Crippen molar-refractivity contribution < 1.29 is 13.9 Å². The Labute approximate surface area is 123 Å². The van der Waals surface area contributed by atoms with E-state index in [0.29, 0.717) is 13.0 Å². The first-order valence-corrected chi connectivity index (χ1v) is 7.17. The molecule has 1 aliphatic rings. The highest BCUT2D eigenvalue weighted by molar-refractivity contribution is 5.98. The van der Waals surface area contributed by atoms with E-state index in [1.54, 1.807) is 6.07 Å². The third-order valence-corrected chi connectivity index (χ3v) is 3.93. The van der Waals surface area contributed by atoms with Crippen molar-refractivity contribution in [2.75, 3.05) is 0 Å². The van der Waals surface area contributed by atoms with Gasteiger partial charge >= 0.3 is 0 Å². The molecule has 0 spiro atoms. The highest BCUT2D eigenvalue weighted by Gasteiger charge is 2.17. The summed E-state index contributed by atoms with van der Waals surface area (Å²) >= 11 is 0. The SMILES string of the molecule is Cc1ccc(F)cc1COc1ccc2c(c1)CCCC2=O. The lowest BCUT2D eigenvalue weighted by Crippen LogP contribution is -2.10. The molecule has 0 aliphatic heterocycles. The van der Waals surface area contributed by atoms with Crippen LogP contribution in [0, 0.1) is 12.7 Å². The Kier molecular flexibility index (Phi) is 3.74. The molecule has 0 amide bonds. The van der Waals surface area contributed by atoms with E-state index < -0.39 is 0 Å². The summed E-state index contributed by atoms with van der Waals surface area (Å²) < 4.78 is 19.0. The van der Waals surface area contributed by atoms with E-state index in [4.69, 9.17) is 4.74 Å². The van der Waals surface area contributed by atoms with Crippen LogP contribution in [0.3, 0.4) is 0 Å². The fourth-order valence-electron chi connectivity index (χ4n) is 2.67. The Morgan fingerprint density at radius 1 is 1.14 bits per heavy atom. The molecule has 0 saturated heterocycles. The molecule has 0 heterocycles. The van der Waals surface area contributed by atoms with E-state index in [1.807, 2.05) is 25.1 Å². The van der Waals surface area contributed by atoms with Crippen LogP contribution in [0.25, 0.3) is 0 Å². The smallest absolute Gasteiger partial charge is 0.163 e. The Morgan fingerprint density at radius 2 is 2.00 bits per heavy atom. The fraction of sp³-hybridized carbons (Fsp3) is 0.278. The quantitative estimate of drug-likeness (QED) is 0.843. The number of ether oxygens (including phenoxy) is 1. The summed E-state index contributed by atoms with van der Waals surface area (Å²) in [5.74, 6) is 0.686. The van der Waals surface area contributed by atoms with Crippen LogP contribution in [0.2, 0.25) is 0 Å². The number of ketones is 1. The molecule has 2 aromatic carbocycles. The molecule has 3 heteroatoms. The molecule has 0 N–H and O–H groups in total. The predicted octanol–water partition coefficient (Wildman–Crippen LogP) is 4.23. The lowest BCUT2D eigenvalue weighted by molar-refractivity contribution is 0.0972. The van der Waals surface area contributed by atoms with Gasteiger partial charge in [-0.05, 0) is 66.8 Å². The van der Waals surface area contributed by atoms with Crippen molar-refractivity contribution in [1.82, 2.24) is 0 Å². The van der Waals surface area contributed by atoms with Gasteiger partial charge < -0.3 is 4.74 Å². The second-order valence-electron chi connectivity index (χ2n) is 5.46. The first kappa shape index (κ1) is 13.8. The third-order valence-electron chi connectivity index (χ3n) is 3.93. The van der Waals surface area contributed by atoms with Gasteiger partial charge in [-0.25, -0.2) is 4.39 Å². The van der Waals surface area contributed by atoms with Gasteiger partial charge in [-0.2, -0.15) is 0 Å². The molecule has 0 radical (unpaired) electrons. The largest absolute Gasteiger partial charge is 0.489 e. The van der Waals surface area contributed by atoms with Crippen LogP contribution in [-0.2, 0) is 13.0 Å². The first-order valence-electron chi connectivity index (χ1n) is 7.17. The number of halogens is 1. The molecular weight excluding hydrogens is 267 g/mol. The van der Waals surface area contributed by atoms with Crippen molar-refractivity contribution in [2.45, 2.75) is 32.8 Å². The lowest BCUT2D eigenvalue weighted by Gasteiger charge is -2.16. The van der Waals surface area contributed by atoms with Crippen LogP contribution in [-0.4, -0.2) is 5.78 Å². The number of carbonyl (C=O) groups is 1. The van der Waals surface area contributed by atoms with Crippen LogP contribution in [0.15, 0.2) is 36.4 Å². The van der Waals surface area contributed by atoms with Crippen molar-refractivity contribution in [3.63, 3.8) is 0 Å². The Hall–Kier alpha value is -2.16. The van der Waals surface area contributed by atoms with E-state index in [0.717, 1.165) is 40.8 Å². The lowest BCUT2D eigenvalue weighted by atomic mass is 9.90.